The molecule has 0 fully saturated rings. The molecule has 46 heavy (non-hydrogen) atoms. The minimum atomic E-state index is 0.647. The maximum Gasteiger partial charge on any atom is 0.161 e. The monoisotopic (exact) mass is 607 g/mol. The lowest BCUT2D eigenvalue weighted by atomic mass is 9.99. The maximum atomic E-state index is 6.47. The summed E-state index contributed by atoms with van der Waals surface area (Å²) in [6.07, 6.45) is 0. The van der Waals surface area contributed by atoms with E-state index in [1.807, 2.05) is 54.6 Å². The summed E-state index contributed by atoms with van der Waals surface area (Å²) in [5, 5.41) is 2.97. The molecule has 0 aliphatic heterocycles. The van der Waals surface area contributed by atoms with Crippen molar-refractivity contribution in [3.8, 4) is 55.6 Å². The first-order valence-electron chi connectivity index (χ1n) is 15.2. The Morgan fingerprint density at radius 3 is 1.78 bits per heavy atom. The van der Waals surface area contributed by atoms with Crippen molar-refractivity contribution < 1.29 is 4.42 Å². The zero-order chi connectivity index (χ0) is 30.5. The molecule has 3 heterocycles. The highest BCUT2D eigenvalue weighted by Crippen LogP contribution is 2.43. The van der Waals surface area contributed by atoms with Crippen molar-refractivity contribution in [1.29, 1.82) is 0 Å². The molecular formula is C41H25N3OS. The molecule has 0 saturated carbocycles. The Balaban J connectivity index is 1.29. The lowest BCUT2D eigenvalue weighted by molar-refractivity contribution is 0.669. The van der Waals surface area contributed by atoms with Gasteiger partial charge in [0.25, 0.3) is 0 Å². The molecule has 6 aromatic carbocycles. The molecule has 0 aliphatic rings. The molecule has 5 heteroatoms. The zero-order valence-electron chi connectivity index (χ0n) is 24.6. The highest BCUT2D eigenvalue weighted by molar-refractivity contribution is 7.21. The van der Waals surface area contributed by atoms with Gasteiger partial charge in [0.05, 0.1) is 21.6 Å². The van der Waals surface area contributed by atoms with E-state index >= 15 is 0 Å². The summed E-state index contributed by atoms with van der Waals surface area (Å²) < 4.78 is 7.62. The number of rotatable bonds is 5. The van der Waals surface area contributed by atoms with Crippen molar-refractivity contribution in [3.05, 3.63) is 152 Å². The molecule has 0 aliphatic carbocycles. The second kappa shape index (κ2) is 10.9. The number of nitrogens with zero attached hydrogens (tertiary/aromatic N) is 3. The summed E-state index contributed by atoms with van der Waals surface area (Å²) in [5.74, 6) is 0.647. The Morgan fingerprint density at radius 2 is 1.02 bits per heavy atom. The van der Waals surface area contributed by atoms with Crippen LogP contribution in [-0.2, 0) is 0 Å². The third kappa shape index (κ3) is 4.57. The quantitative estimate of drug-likeness (QED) is 0.195. The molecule has 216 valence electrons. The maximum absolute atomic E-state index is 6.47. The smallest absolute Gasteiger partial charge is 0.161 e. The summed E-state index contributed by atoms with van der Waals surface area (Å²) >= 11 is 1.69. The Morgan fingerprint density at radius 1 is 0.435 bits per heavy atom. The molecule has 0 atom stereocenters. The fourth-order valence-corrected chi connectivity index (χ4v) is 7.18. The topological polar surface area (TPSA) is 51.8 Å². The van der Waals surface area contributed by atoms with Crippen LogP contribution in [0.3, 0.4) is 0 Å². The Labute approximate surface area is 269 Å². The average Bonchev–Trinajstić information content (AvgIpc) is 3.74. The number of thiazole rings is 1. The van der Waals surface area contributed by atoms with Crippen LogP contribution in [0.2, 0.25) is 0 Å². The number of aromatic nitrogens is 3. The van der Waals surface area contributed by atoms with Gasteiger partial charge in [0.2, 0.25) is 0 Å². The zero-order valence-corrected chi connectivity index (χ0v) is 25.4. The van der Waals surface area contributed by atoms with Gasteiger partial charge in [0.15, 0.2) is 5.82 Å². The van der Waals surface area contributed by atoms with Gasteiger partial charge in [-0.05, 0) is 47.5 Å². The Kier molecular flexibility index (Phi) is 6.28. The van der Waals surface area contributed by atoms with E-state index in [0.29, 0.717) is 5.82 Å². The summed E-state index contributed by atoms with van der Waals surface area (Å²) in [5.41, 5.74) is 10.7. The number of furan rings is 1. The van der Waals surface area contributed by atoms with Crippen LogP contribution >= 0.6 is 11.3 Å². The van der Waals surface area contributed by atoms with E-state index < -0.39 is 0 Å². The number of hydrogen-bond acceptors (Lipinski definition) is 5. The number of hydrogen-bond donors (Lipinski definition) is 0. The van der Waals surface area contributed by atoms with E-state index in [4.69, 9.17) is 19.4 Å². The summed E-state index contributed by atoms with van der Waals surface area (Å²) in [7, 11) is 0. The van der Waals surface area contributed by atoms with Gasteiger partial charge in [-0.3, -0.25) is 0 Å². The molecule has 0 unspecified atom stereocenters. The molecule has 9 rings (SSSR count). The molecular weight excluding hydrogens is 583 g/mol. The van der Waals surface area contributed by atoms with E-state index in [9.17, 15) is 0 Å². The van der Waals surface area contributed by atoms with Gasteiger partial charge in [-0.15, -0.1) is 11.3 Å². The van der Waals surface area contributed by atoms with E-state index in [0.717, 1.165) is 76.4 Å². The predicted octanol–water partition coefficient (Wildman–Crippen LogP) is 11.3. The fourth-order valence-electron chi connectivity index (χ4n) is 6.18. The molecule has 0 N–H and O–H groups in total. The summed E-state index contributed by atoms with van der Waals surface area (Å²) in [6.45, 7) is 0. The number of fused-ring (bicyclic) bond motifs is 4. The van der Waals surface area contributed by atoms with Crippen LogP contribution in [0.4, 0.5) is 0 Å². The molecule has 0 saturated heterocycles. The molecule has 0 radical (unpaired) electrons. The van der Waals surface area contributed by atoms with Gasteiger partial charge < -0.3 is 4.42 Å². The van der Waals surface area contributed by atoms with Crippen LogP contribution in [0.25, 0.3) is 87.8 Å². The van der Waals surface area contributed by atoms with Crippen LogP contribution in [0.1, 0.15) is 0 Å². The van der Waals surface area contributed by atoms with Crippen LogP contribution in [0, 0.1) is 0 Å². The standard InChI is InChI=1S/C41H25N3OS/c1-3-12-26(13-4-1)28-16-9-17-29(24-28)34-25-33(27-14-5-2-6-15-27)42-40(43-34)30-18-10-21-35-38(30)39-31(19-11-22-36(39)45-35)41-44-32-20-7-8-23-37(32)46-41/h1-25H. The molecule has 4 nitrogen and oxygen atoms in total. The van der Waals surface area contributed by atoms with Gasteiger partial charge >= 0.3 is 0 Å². The van der Waals surface area contributed by atoms with Crippen LogP contribution < -0.4 is 0 Å². The molecule has 0 amide bonds. The largest absolute Gasteiger partial charge is 0.456 e. The van der Waals surface area contributed by atoms with Crippen LogP contribution in [0.15, 0.2) is 156 Å². The summed E-state index contributed by atoms with van der Waals surface area (Å²) in [6, 6.07) is 52.0. The Bertz CT molecular complexity index is 2500. The third-order valence-corrected chi connectivity index (χ3v) is 9.42. The predicted molar refractivity (Wildman–Crippen MR) is 190 cm³/mol. The second-order valence-corrected chi connectivity index (χ2v) is 12.3. The van der Waals surface area contributed by atoms with Crippen molar-refractivity contribution in [2.45, 2.75) is 0 Å². The minimum Gasteiger partial charge on any atom is -0.456 e. The molecule has 3 aromatic heterocycles. The van der Waals surface area contributed by atoms with E-state index in [2.05, 4.69) is 97.1 Å². The highest BCUT2D eigenvalue weighted by Gasteiger charge is 2.20. The molecule has 0 bridgehead atoms. The highest BCUT2D eigenvalue weighted by atomic mass is 32.1. The summed E-state index contributed by atoms with van der Waals surface area (Å²) in [4.78, 5) is 15.4. The second-order valence-electron chi connectivity index (χ2n) is 11.2. The van der Waals surface area contributed by atoms with E-state index in [1.54, 1.807) is 11.3 Å². The van der Waals surface area contributed by atoms with Crippen molar-refractivity contribution in [2.24, 2.45) is 0 Å². The first-order valence-corrected chi connectivity index (χ1v) is 16.0. The van der Waals surface area contributed by atoms with E-state index in [1.165, 1.54) is 5.56 Å². The SMILES string of the molecule is c1ccc(-c2cccc(-c3cc(-c4ccccc4)nc(-c4cccc5oc6cccc(-c7nc8ccccc8s7)c6c45)n3)c2)cc1. The van der Waals surface area contributed by atoms with Gasteiger partial charge in [0, 0.05) is 33.0 Å². The van der Waals surface area contributed by atoms with Crippen molar-refractivity contribution >= 4 is 43.5 Å². The normalized spacial score (nSPS) is 11.5. The van der Waals surface area contributed by atoms with Gasteiger partial charge in [-0.1, -0.05) is 115 Å². The lowest BCUT2D eigenvalue weighted by Crippen LogP contribution is -1.96. The minimum absolute atomic E-state index is 0.647. The number of para-hydroxylation sites is 1. The average molecular weight is 608 g/mol. The lowest BCUT2D eigenvalue weighted by Gasteiger charge is -2.11. The fraction of sp³-hybridized carbons (Fsp3) is 0. The molecule has 0 spiro atoms. The first-order chi connectivity index (χ1) is 22.8. The van der Waals surface area contributed by atoms with Crippen molar-refractivity contribution in [2.75, 3.05) is 0 Å². The first kappa shape index (κ1) is 26.5. The van der Waals surface area contributed by atoms with Gasteiger partial charge in [0.1, 0.15) is 16.2 Å². The molecule has 9 aromatic rings. The van der Waals surface area contributed by atoms with Gasteiger partial charge in [-0.25, -0.2) is 15.0 Å². The van der Waals surface area contributed by atoms with Gasteiger partial charge in [-0.2, -0.15) is 0 Å². The van der Waals surface area contributed by atoms with Crippen molar-refractivity contribution in [3.63, 3.8) is 0 Å². The Hall–Kier alpha value is -5.91. The third-order valence-electron chi connectivity index (χ3n) is 8.35. The van der Waals surface area contributed by atoms with E-state index in [-0.39, 0.29) is 0 Å². The number of benzene rings is 6. The van der Waals surface area contributed by atoms with Crippen molar-refractivity contribution in [1.82, 2.24) is 15.0 Å². The van der Waals surface area contributed by atoms with Crippen LogP contribution in [0.5, 0.6) is 0 Å². The van der Waals surface area contributed by atoms with Crippen LogP contribution in [-0.4, -0.2) is 15.0 Å².